The van der Waals surface area contributed by atoms with Crippen molar-refractivity contribution in [2.24, 2.45) is 5.92 Å². The molecular weight excluding hydrogens is 254 g/mol. The third-order valence-corrected chi connectivity index (χ3v) is 3.28. The summed E-state index contributed by atoms with van der Waals surface area (Å²) in [6, 6.07) is 1.60. The van der Waals surface area contributed by atoms with E-state index in [2.05, 4.69) is 16.2 Å². The summed E-state index contributed by atoms with van der Waals surface area (Å²) in [4.78, 5) is 34.0. The summed E-state index contributed by atoms with van der Waals surface area (Å²) in [5.74, 6) is -0.774. The molecule has 3 N–H and O–H groups in total. The third kappa shape index (κ3) is 3.07. The maximum Gasteiger partial charge on any atom is 0.272 e. The zero-order valence-electron chi connectivity index (χ0n) is 9.78. The zero-order valence-corrected chi connectivity index (χ0v) is 10.6. The fourth-order valence-electron chi connectivity index (χ4n) is 1.36. The van der Waals surface area contributed by atoms with Gasteiger partial charge in [0.1, 0.15) is 5.00 Å². The molecule has 96 valence electrons. The minimum Gasteiger partial charge on any atom is -0.317 e. The number of nitrogens with one attached hydrogen (secondary N) is 3. The van der Waals surface area contributed by atoms with Crippen molar-refractivity contribution in [3.8, 4) is 0 Å². The van der Waals surface area contributed by atoms with Crippen LogP contribution in [0, 0.1) is 5.92 Å². The number of hydrogen-bond acceptors (Lipinski definition) is 4. The minimum atomic E-state index is -0.447. The Balaban J connectivity index is 1.99. The van der Waals surface area contributed by atoms with Crippen LogP contribution in [0.1, 0.15) is 30.1 Å². The Morgan fingerprint density at radius 3 is 2.61 bits per heavy atom. The lowest BCUT2D eigenvalue weighted by atomic mass is 10.3. The topological polar surface area (TPSA) is 87.3 Å². The van der Waals surface area contributed by atoms with Gasteiger partial charge < -0.3 is 5.32 Å². The second-order valence-electron chi connectivity index (χ2n) is 4.06. The molecule has 18 heavy (non-hydrogen) atoms. The van der Waals surface area contributed by atoms with E-state index in [-0.39, 0.29) is 17.7 Å². The minimum absolute atomic E-state index is 0.0500. The average Bonchev–Trinajstić information content (AvgIpc) is 3.07. The molecular formula is C11H13N3O3S. The molecule has 1 aliphatic carbocycles. The lowest BCUT2D eigenvalue weighted by molar-refractivity contribution is -0.120. The van der Waals surface area contributed by atoms with Crippen LogP contribution in [0.2, 0.25) is 0 Å². The van der Waals surface area contributed by atoms with Crippen LogP contribution in [0.25, 0.3) is 0 Å². The van der Waals surface area contributed by atoms with Crippen LogP contribution in [0.4, 0.5) is 5.00 Å². The van der Waals surface area contributed by atoms with Crippen molar-refractivity contribution < 1.29 is 14.4 Å². The van der Waals surface area contributed by atoms with Crippen molar-refractivity contribution in [1.29, 1.82) is 0 Å². The first kappa shape index (κ1) is 12.6. The number of carbonyl (C=O) groups is 3. The SMILES string of the molecule is CC(=O)NNC(=O)c1ccsc1NC(=O)C1CC1. The highest BCUT2D eigenvalue weighted by molar-refractivity contribution is 7.14. The lowest BCUT2D eigenvalue weighted by Gasteiger charge is -2.07. The normalized spacial score (nSPS) is 13.8. The Kier molecular flexibility index (Phi) is 3.61. The molecule has 1 aromatic heterocycles. The maximum atomic E-state index is 11.7. The molecule has 0 bridgehead atoms. The summed E-state index contributed by atoms with van der Waals surface area (Å²) in [6.07, 6.45) is 1.81. The molecule has 2 rings (SSSR count). The molecule has 1 aliphatic rings. The van der Waals surface area contributed by atoms with Gasteiger partial charge in [0.25, 0.3) is 5.91 Å². The molecule has 6 nitrogen and oxygen atoms in total. The fraction of sp³-hybridized carbons (Fsp3) is 0.364. The summed E-state index contributed by atoms with van der Waals surface area (Å²) < 4.78 is 0. The highest BCUT2D eigenvalue weighted by atomic mass is 32.1. The first-order valence-corrected chi connectivity index (χ1v) is 6.41. The van der Waals surface area contributed by atoms with Crippen molar-refractivity contribution in [2.75, 3.05) is 5.32 Å². The fourth-order valence-corrected chi connectivity index (χ4v) is 2.14. The van der Waals surface area contributed by atoms with E-state index in [0.29, 0.717) is 10.6 Å². The summed E-state index contributed by atoms with van der Waals surface area (Å²) in [6.45, 7) is 1.30. The first-order chi connectivity index (χ1) is 8.58. The van der Waals surface area contributed by atoms with Gasteiger partial charge in [-0.1, -0.05) is 0 Å². The summed E-state index contributed by atoms with van der Waals surface area (Å²) in [7, 11) is 0. The maximum absolute atomic E-state index is 11.7. The van der Waals surface area contributed by atoms with E-state index in [9.17, 15) is 14.4 Å². The Hall–Kier alpha value is -1.89. The van der Waals surface area contributed by atoms with Crippen LogP contribution in [-0.2, 0) is 9.59 Å². The van der Waals surface area contributed by atoms with Gasteiger partial charge in [0.15, 0.2) is 0 Å². The molecule has 0 spiro atoms. The van der Waals surface area contributed by atoms with Gasteiger partial charge in [-0.25, -0.2) is 0 Å². The van der Waals surface area contributed by atoms with Gasteiger partial charge >= 0.3 is 0 Å². The zero-order chi connectivity index (χ0) is 13.1. The lowest BCUT2D eigenvalue weighted by Crippen LogP contribution is -2.40. The molecule has 1 heterocycles. The van der Waals surface area contributed by atoms with E-state index < -0.39 is 5.91 Å². The molecule has 1 saturated carbocycles. The van der Waals surface area contributed by atoms with Crippen molar-refractivity contribution >= 4 is 34.1 Å². The van der Waals surface area contributed by atoms with E-state index in [1.54, 1.807) is 11.4 Å². The van der Waals surface area contributed by atoms with Crippen LogP contribution in [0.5, 0.6) is 0 Å². The Labute approximate surface area is 108 Å². The van der Waals surface area contributed by atoms with Crippen LogP contribution in [0.3, 0.4) is 0 Å². The number of thiophene rings is 1. The smallest absolute Gasteiger partial charge is 0.272 e. The molecule has 0 atom stereocenters. The van der Waals surface area contributed by atoms with Crippen molar-refractivity contribution in [3.63, 3.8) is 0 Å². The van der Waals surface area contributed by atoms with Gasteiger partial charge in [-0.15, -0.1) is 11.3 Å². The number of hydrogen-bond donors (Lipinski definition) is 3. The predicted molar refractivity (Wildman–Crippen MR) is 67.0 cm³/mol. The van der Waals surface area contributed by atoms with Crippen molar-refractivity contribution in [1.82, 2.24) is 10.9 Å². The van der Waals surface area contributed by atoms with Crippen molar-refractivity contribution in [3.05, 3.63) is 17.0 Å². The van der Waals surface area contributed by atoms with Crippen LogP contribution in [-0.4, -0.2) is 17.7 Å². The summed E-state index contributed by atoms with van der Waals surface area (Å²) in [5.41, 5.74) is 4.81. The van der Waals surface area contributed by atoms with Gasteiger partial charge in [0, 0.05) is 12.8 Å². The summed E-state index contributed by atoms with van der Waals surface area (Å²) >= 11 is 1.28. The predicted octanol–water partition coefficient (Wildman–Crippen LogP) is 0.877. The Morgan fingerprint density at radius 2 is 2.00 bits per heavy atom. The Bertz CT molecular complexity index is 493. The second-order valence-corrected chi connectivity index (χ2v) is 4.98. The number of rotatable bonds is 3. The number of anilines is 1. The Morgan fingerprint density at radius 1 is 1.28 bits per heavy atom. The van der Waals surface area contributed by atoms with E-state index in [1.165, 1.54) is 18.3 Å². The molecule has 7 heteroatoms. The molecule has 0 saturated heterocycles. The number of amides is 3. The van der Waals surface area contributed by atoms with Gasteiger partial charge in [0.05, 0.1) is 5.56 Å². The number of hydrazine groups is 1. The number of carbonyl (C=O) groups excluding carboxylic acids is 3. The van der Waals surface area contributed by atoms with E-state index >= 15 is 0 Å². The molecule has 0 aliphatic heterocycles. The van der Waals surface area contributed by atoms with E-state index in [4.69, 9.17) is 0 Å². The molecule has 1 aromatic rings. The molecule has 0 aromatic carbocycles. The standard InChI is InChI=1S/C11H13N3O3S/c1-6(15)13-14-10(17)8-4-5-18-11(8)12-9(16)7-2-3-7/h4-5,7H,2-3H2,1H3,(H,12,16)(H,13,15)(H,14,17). The first-order valence-electron chi connectivity index (χ1n) is 5.53. The van der Waals surface area contributed by atoms with Crippen LogP contribution in [0.15, 0.2) is 11.4 Å². The monoisotopic (exact) mass is 267 g/mol. The van der Waals surface area contributed by atoms with Crippen molar-refractivity contribution in [2.45, 2.75) is 19.8 Å². The van der Waals surface area contributed by atoms with Gasteiger partial charge in [-0.2, -0.15) is 0 Å². The second kappa shape index (κ2) is 5.18. The van der Waals surface area contributed by atoms with Gasteiger partial charge in [-0.05, 0) is 24.3 Å². The highest BCUT2D eigenvalue weighted by Gasteiger charge is 2.30. The molecule has 3 amide bonds. The summed E-state index contributed by atoms with van der Waals surface area (Å²) in [5, 5.41) is 4.95. The van der Waals surface area contributed by atoms with Crippen LogP contribution >= 0.6 is 11.3 Å². The largest absolute Gasteiger partial charge is 0.317 e. The quantitative estimate of drug-likeness (QED) is 0.710. The van der Waals surface area contributed by atoms with Crippen LogP contribution < -0.4 is 16.2 Å². The highest BCUT2D eigenvalue weighted by Crippen LogP contribution is 2.32. The molecule has 0 radical (unpaired) electrons. The average molecular weight is 267 g/mol. The van der Waals surface area contributed by atoms with Gasteiger partial charge in [0.2, 0.25) is 11.8 Å². The third-order valence-electron chi connectivity index (χ3n) is 2.45. The van der Waals surface area contributed by atoms with E-state index in [0.717, 1.165) is 12.8 Å². The van der Waals surface area contributed by atoms with Gasteiger partial charge in [-0.3, -0.25) is 25.2 Å². The van der Waals surface area contributed by atoms with E-state index in [1.807, 2.05) is 0 Å². The molecule has 0 unspecified atom stereocenters. The molecule has 1 fully saturated rings.